The van der Waals surface area contributed by atoms with Gasteiger partial charge in [0.05, 0.1) is 6.61 Å². The summed E-state index contributed by atoms with van der Waals surface area (Å²) >= 11 is 1.82. The van der Waals surface area contributed by atoms with Gasteiger partial charge in [0, 0.05) is 19.1 Å². The van der Waals surface area contributed by atoms with Gasteiger partial charge in [-0.3, -0.25) is 9.59 Å². The second-order valence-corrected chi connectivity index (χ2v) is 7.66. The molecule has 0 saturated heterocycles. The van der Waals surface area contributed by atoms with Crippen molar-refractivity contribution in [3.05, 3.63) is 0 Å². The van der Waals surface area contributed by atoms with Crippen molar-refractivity contribution in [2.45, 2.75) is 90.2 Å². The first-order valence-corrected chi connectivity index (χ1v) is 10.5. The summed E-state index contributed by atoms with van der Waals surface area (Å²) in [4.78, 5) is 21.8. The second kappa shape index (κ2) is 17.1. The molecule has 142 valence electrons. The zero-order valence-electron chi connectivity index (χ0n) is 15.8. The van der Waals surface area contributed by atoms with Crippen LogP contribution in [-0.2, 0) is 19.1 Å². The summed E-state index contributed by atoms with van der Waals surface area (Å²) in [7, 11) is 0. The fourth-order valence-corrected chi connectivity index (χ4v) is 3.55. The Balaban J connectivity index is 3.64. The third kappa shape index (κ3) is 17.6. The van der Waals surface area contributed by atoms with Gasteiger partial charge in [-0.1, -0.05) is 58.3 Å². The SMILES string of the molecule is CCCCCCCCCCCS[C@@H](CCOC(C)=O)COC(C)=O. The van der Waals surface area contributed by atoms with Crippen molar-refractivity contribution in [1.29, 1.82) is 0 Å². The summed E-state index contributed by atoms with van der Waals surface area (Å²) in [6.07, 6.45) is 12.7. The standard InChI is InChI=1S/C19H36O4S/c1-4-5-6-7-8-9-10-11-12-15-24-19(16-23-18(3)21)13-14-22-17(2)20/h19H,4-16H2,1-3H3/t19-/m0/s1. The number of ether oxygens (including phenoxy) is 2. The monoisotopic (exact) mass is 360 g/mol. The fraction of sp³-hybridized carbons (Fsp3) is 0.895. The number of carbonyl (C=O) groups excluding carboxylic acids is 2. The van der Waals surface area contributed by atoms with Crippen LogP contribution in [0.5, 0.6) is 0 Å². The van der Waals surface area contributed by atoms with E-state index in [0.29, 0.717) is 13.2 Å². The highest BCUT2D eigenvalue weighted by Crippen LogP contribution is 2.19. The molecule has 4 nitrogen and oxygen atoms in total. The zero-order chi connectivity index (χ0) is 18.0. The van der Waals surface area contributed by atoms with E-state index in [1.807, 2.05) is 11.8 Å². The number of esters is 2. The Labute approximate surface area is 152 Å². The topological polar surface area (TPSA) is 52.6 Å². The van der Waals surface area contributed by atoms with Crippen molar-refractivity contribution in [2.75, 3.05) is 19.0 Å². The van der Waals surface area contributed by atoms with Gasteiger partial charge in [0.25, 0.3) is 0 Å². The minimum Gasteiger partial charge on any atom is -0.466 e. The molecule has 0 aliphatic carbocycles. The number of thioether (sulfide) groups is 1. The lowest BCUT2D eigenvalue weighted by Gasteiger charge is -2.16. The van der Waals surface area contributed by atoms with Crippen molar-refractivity contribution in [3.8, 4) is 0 Å². The molecule has 0 bridgehead atoms. The molecule has 0 fully saturated rings. The summed E-state index contributed by atoms with van der Waals surface area (Å²) < 4.78 is 10.1. The van der Waals surface area contributed by atoms with Crippen LogP contribution >= 0.6 is 11.8 Å². The fourth-order valence-electron chi connectivity index (χ4n) is 2.42. The highest BCUT2D eigenvalue weighted by atomic mass is 32.2. The van der Waals surface area contributed by atoms with Crippen LogP contribution in [0.3, 0.4) is 0 Å². The van der Waals surface area contributed by atoms with E-state index in [1.165, 1.54) is 71.6 Å². The van der Waals surface area contributed by atoms with Crippen LogP contribution in [0.4, 0.5) is 0 Å². The zero-order valence-corrected chi connectivity index (χ0v) is 16.6. The maximum Gasteiger partial charge on any atom is 0.302 e. The van der Waals surface area contributed by atoms with Crippen LogP contribution in [0.2, 0.25) is 0 Å². The Hall–Kier alpha value is -0.710. The van der Waals surface area contributed by atoms with Gasteiger partial charge in [0.15, 0.2) is 0 Å². The number of carbonyl (C=O) groups is 2. The minimum absolute atomic E-state index is 0.210. The van der Waals surface area contributed by atoms with Gasteiger partial charge in [-0.25, -0.2) is 0 Å². The van der Waals surface area contributed by atoms with E-state index in [1.54, 1.807) is 0 Å². The normalized spacial score (nSPS) is 12.0. The first kappa shape index (κ1) is 23.3. The minimum atomic E-state index is -0.259. The van der Waals surface area contributed by atoms with Crippen molar-refractivity contribution in [3.63, 3.8) is 0 Å². The molecule has 0 aromatic carbocycles. The van der Waals surface area contributed by atoms with Crippen molar-refractivity contribution in [1.82, 2.24) is 0 Å². The summed E-state index contributed by atoms with van der Waals surface area (Å²) in [5.41, 5.74) is 0. The molecule has 0 unspecified atom stereocenters. The van der Waals surface area contributed by atoms with Crippen LogP contribution in [0.15, 0.2) is 0 Å². The molecule has 5 heteroatoms. The molecular weight excluding hydrogens is 324 g/mol. The first-order valence-electron chi connectivity index (χ1n) is 9.44. The van der Waals surface area contributed by atoms with Gasteiger partial charge >= 0.3 is 11.9 Å². The molecule has 0 aliphatic rings. The van der Waals surface area contributed by atoms with Gasteiger partial charge in [0.2, 0.25) is 0 Å². The molecule has 0 heterocycles. The molecule has 0 spiro atoms. The van der Waals surface area contributed by atoms with Crippen LogP contribution in [0.1, 0.15) is 85.0 Å². The van der Waals surface area contributed by atoms with Crippen molar-refractivity contribution < 1.29 is 19.1 Å². The Morgan fingerprint density at radius 3 is 1.92 bits per heavy atom. The third-order valence-electron chi connectivity index (χ3n) is 3.82. The molecular formula is C19H36O4S. The lowest BCUT2D eigenvalue weighted by atomic mass is 10.1. The smallest absolute Gasteiger partial charge is 0.302 e. The van der Waals surface area contributed by atoms with E-state index >= 15 is 0 Å². The number of hydrogen-bond donors (Lipinski definition) is 0. The molecule has 0 aromatic rings. The maximum absolute atomic E-state index is 11.0. The second-order valence-electron chi connectivity index (χ2n) is 6.25. The lowest BCUT2D eigenvalue weighted by molar-refractivity contribution is -0.143. The molecule has 1 atom stereocenters. The largest absolute Gasteiger partial charge is 0.466 e. The van der Waals surface area contributed by atoms with Gasteiger partial charge in [-0.2, -0.15) is 11.8 Å². The first-order chi connectivity index (χ1) is 11.6. The molecule has 0 N–H and O–H groups in total. The van der Waals surface area contributed by atoms with E-state index in [9.17, 15) is 9.59 Å². The molecule has 0 aromatic heterocycles. The van der Waals surface area contributed by atoms with E-state index in [-0.39, 0.29) is 17.2 Å². The summed E-state index contributed by atoms with van der Waals surface area (Å²) in [6, 6.07) is 0. The molecule has 0 radical (unpaired) electrons. The molecule has 0 rings (SSSR count). The Morgan fingerprint density at radius 1 is 0.833 bits per heavy atom. The van der Waals surface area contributed by atoms with E-state index in [4.69, 9.17) is 9.47 Å². The van der Waals surface area contributed by atoms with Crippen LogP contribution in [-0.4, -0.2) is 36.2 Å². The predicted molar refractivity (Wildman–Crippen MR) is 101 cm³/mol. The van der Waals surface area contributed by atoms with E-state index < -0.39 is 0 Å². The van der Waals surface area contributed by atoms with Crippen LogP contribution in [0, 0.1) is 0 Å². The van der Waals surface area contributed by atoms with Crippen molar-refractivity contribution >= 4 is 23.7 Å². The van der Waals surface area contributed by atoms with E-state index in [2.05, 4.69) is 6.92 Å². The van der Waals surface area contributed by atoms with Gasteiger partial charge < -0.3 is 9.47 Å². The summed E-state index contributed by atoms with van der Waals surface area (Å²) in [5, 5.41) is 0.210. The number of hydrogen-bond acceptors (Lipinski definition) is 5. The highest BCUT2D eigenvalue weighted by molar-refractivity contribution is 7.99. The average molecular weight is 361 g/mol. The summed E-state index contributed by atoms with van der Waals surface area (Å²) in [5.74, 6) is 0.559. The van der Waals surface area contributed by atoms with Gasteiger partial charge in [-0.15, -0.1) is 0 Å². The number of unbranched alkanes of at least 4 members (excludes halogenated alkanes) is 8. The van der Waals surface area contributed by atoms with Crippen LogP contribution < -0.4 is 0 Å². The lowest BCUT2D eigenvalue weighted by Crippen LogP contribution is -2.18. The number of rotatable bonds is 16. The van der Waals surface area contributed by atoms with Gasteiger partial charge in [-0.05, 0) is 18.6 Å². The highest BCUT2D eigenvalue weighted by Gasteiger charge is 2.12. The van der Waals surface area contributed by atoms with Gasteiger partial charge in [0.1, 0.15) is 6.61 Å². The molecule has 0 amide bonds. The summed E-state index contributed by atoms with van der Waals surface area (Å²) in [6.45, 7) is 5.88. The molecule has 0 saturated carbocycles. The third-order valence-corrected chi connectivity index (χ3v) is 5.19. The molecule has 0 aliphatic heterocycles. The average Bonchev–Trinajstić information content (AvgIpc) is 2.53. The van der Waals surface area contributed by atoms with Crippen molar-refractivity contribution in [2.24, 2.45) is 0 Å². The predicted octanol–water partition coefficient (Wildman–Crippen LogP) is 5.14. The van der Waals surface area contributed by atoms with Crippen LogP contribution in [0.25, 0.3) is 0 Å². The van der Waals surface area contributed by atoms with E-state index in [0.717, 1.165) is 12.2 Å². The Morgan fingerprint density at radius 2 is 1.38 bits per heavy atom. The molecule has 24 heavy (non-hydrogen) atoms. The maximum atomic E-state index is 11.0. The Kier molecular flexibility index (Phi) is 16.6. The Bertz CT molecular complexity index is 320. The quantitative estimate of drug-likeness (QED) is 0.282.